The lowest BCUT2D eigenvalue weighted by atomic mass is 9.94. The van der Waals surface area contributed by atoms with Crippen LogP contribution in [-0.4, -0.2) is 65.2 Å². The Kier molecular flexibility index (Phi) is 6.83. The lowest BCUT2D eigenvalue weighted by Gasteiger charge is -2.44. The number of halogens is 3. The summed E-state index contributed by atoms with van der Waals surface area (Å²) in [7, 11) is 3.17. The molecule has 0 spiro atoms. The molecule has 190 valence electrons. The number of ether oxygens (including phenoxy) is 2. The van der Waals surface area contributed by atoms with Crippen LogP contribution in [0.1, 0.15) is 52.0 Å². The van der Waals surface area contributed by atoms with E-state index in [9.17, 15) is 13.6 Å². The normalized spacial score (nSPS) is 24.0. The van der Waals surface area contributed by atoms with E-state index in [1.54, 1.807) is 49.8 Å². The number of carbonyl (C=O) groups excluding carboxylic acids is 1. The number of amides is 1. The monoisotopic (exact) mass is 492 g/mol. The van der Waals surface area contributed by atoms with Gasteiger partial charge in [-0.25, -0.2) is 18.0 Å². The first kappa shape index (κ1) is 25.1. The number of fused-ring (bicyclic) bond motifs is 2. The summed E-state index contributed by atoms with van der Waals surface area (Å²) in [5.74, 6) is 0.753. The average Bonchev–Trinajstić information content (AvgIpc) is 3.16. The van der Waals surface area contributed by atoms with Gasteiger partial charge in [0, 0.05) is 24.2 Å². The average molecular weight is 493 g/mol. The van der Waals surface area contributed by atoms with Gasteiger partial charge in [-0.2, -0.15) is 0 Å². The fourth-order valence-electron chi connectivity index (χ4n) is 4.97. The first-order valence-corrected chi connectivity index (χ1v) is 11.7. The number of carbonyl (C=O) groups is 1. The standard InChI is InChI=1S/C25H31F3N4O3/c1-25(2,3)35-24(33)32-15-7-10-18(32)22(26)19(13-15)31(4)21-11-9-17(29-30-21)16-8-6-14(23(27)28)12-20(16)34-5/h6,8-9,11-12,15,18-19,22-23H,7,10,13H2,1-5H3/t15-,18+,19-,22+/m0/s1. The zero-order valence-corrected chi connectivity index (χ0v) is 20.5. The number of anilines is 1. The van der Waals surface area contributed by atoms with Crippen molar-refractivity contribution in [2.75, 3.05) is 19.1 Å². The van der Waals surface area contributed by atoms with Crippen molar-refractivity contribution in [1.82, 2.24) is 15.1 Å². The molecule has 0 radical (unpaired) electrons. The van der Waals surface area contributed by atoms with Crippen molar-refractivity contribution < 1.29 is 27.4 Å². The van der Waals surface area contributed by atoms with E-state index < -0.39 is 36.4 Å². The summed E-state index contributed by atoms with van der Waals surface area (Å²) in [5, 5.41) is 8.52. The molecule has 3 heterocycles. The summed E-state index contributed by atoms with van der Waals surface area (Å²) in [6.07, 6.45) is -2.56. The van der Waals surface area contributed by atoms with E-state index in [0.29, 0.717) is 29.9 Å². The molecule has 4 atom stereocenters. The van der Waals surface area contributed by atoms with Crippen molar-refractivity contribution in [2.45, 2.75) is 76.4 Å². The molecule has 2 fully saturated rings. The van der Waals surface area contributed by atoms with Crippen LogP contribution in [-0.2, 0) is 4.74 Å². The van der Waals surface area contributed by atoms with Crippen LogP contribution in [0.2, 0.25) is 0 Å². The first-order valence-electron chi connectivity index (χ1n) is 11.7. The van der Waals surface area contributed by atoms with Crippen molar-refractivity contribution in [3.8, 4) is 17.0 Å². The summed E-state index contributed by atoms with van der Waals surface area (Å²) < 4.78 is 52.5. The van der Waals surface area contributed by atoms with Gasteiger partial charge in [-0.05, 0) is 64.3 Å². The van der Waals surface area contributed by atoms with Gasteiger partial charge in [-0.1, -0.05) is 6.07 Å². The molecule has 4 rings (SSSR count). The molecule has 10 heteroatoms. The number of nitrogens with zero attached hydrogens (tertiary/aromatic N) is 4. The highest BCUT2D eigenvalue weighted by Crippen LogP contribution is 2.41. The largest absolute Gasteiger partial charge is 0.496 e. The number of alkyl halides is 3. The molecule has 1 amide bonds. The van der Waals surface area contributed by atoms with E-state index in [1.807, 2.05) is 0 Å². The topological polar surface area (TPSA) is 67.8 Å². The molecular formula is C25H31F3N4O3. The molecule has 2 aliphatic heterocycles. The molecule has 0 unspecified atom stereocenters. The van der Waals surface area contributed by atoms with Gasteiger partial charge in [0.1, 0.15) is 17.5 Å². The lowest BCUT2D eigenvalue weighted by molar-refractivity contribution is -0.0104. The Bertz CT molecular complexity index is 1060. The number of aromatic nitrogens is 2. The molecule has 0 aliphatic carbocycles. The van der Waals surface area contributed by atoms with Crippen LogP contribution < -0.4 is 9.64 Å². The molecule has 0 saturated carbocycles. The molecule has 2 bridgehead atoms. The minimum absolute atomic E-state index is 0.0980. The van der Waals surface area contributed by atoms with Crippen LogP contribution in [0.25, 0.3) is 11.3 Å². The van der Waals surface area contributed by atoms with Crippen molar-refractivity contribution in [3.05, 3.63) is 35.9 Å². The minimum atomic E-state index is -2.61. The first-order chi connectivity index (χ1) is 16.5. The summed E-state index contributed by atoms with van der Waals surface area (Å²) >= 11 is 0. The Morgan fingerprint density at radius 1 is 1.17 bits per heavy atom. The highest BCUT2D eigenvalue weighted by atomic mass is 19.3. The quantitative estimate of drug-likeness (QED) is 0.557. The van der Waals surface area contributed by atoms with E-state index in [0.717, 1.165) is 6.42 Å². The number of hydrogen-bond donors (Lipinski definition) is 0. The van der Waals surface area contributed by atoms with Gasteiger partial charge in [0.15, 0.2) is 5.82 Å². The number of hydrogen-bond acceptors (Lipinski definition) is 6. The van der Waals surface area contributed by atoms with E-state index in [-0.39, 0.29) is 17.4 Å². The number of rotatable bonds is 5. The van der Waals surface area contributed by atoms with Crippen LogP contribution >= 0.6 is 0 Å². The number of methoxy groups -OCH3 is 1. The number of piperidine rings is 1. The van der Waals surface area contributed by atoms with E-state index >= 15 is 4.39 Å². The Labute approximate surface area is 203 Å². The molecule has 2 saturated heterocycles. The SMILES string of the molecule is COc1cc(C(F)F)ccc1-c1ccc(N(C)[C@H]2C[C@@H]3CC[C@H]([C@H]2F)N3C(=O)OC(C)(C)C)nn1. The highest BCUT2D eigenvalue weighted by Gasteiger charge is 2.52. The van der Waals surface area contributed by atoms with Crippen molar-refractivity contribution >= 4 is 11.9 Å². The molecule has 2 aromatic rings. The third-order valence-electron chi connectivity index (χ3n) is 6.66. The molecule has 7 nitrogen and oxygen atoms in total. The second-order valence-corrected chi connectivity index (χ2v) is 10.1. The van der Waals surface area contributed by atoms with Crippen LogP contribution in [0.15, 0.2) is 30.3 Å². The van der Waals surface area contributed by atoms with E-state index in [1.165, 1.54) is 25.3 Å². The third-order valence-corrected chi connectivity index (χ3v) is 6.66. The van der Waals surface area contributed by atoms with Crippen LogP contribution in [0.4, 0.5) is 23.8 Å². The summed E-state index contributed by atoms with van der Waals surface area (Å²) in [6.45, 7) is 5.39. The zero-order valence-electron chi connectivity index (χ0n) is 20.5. The van der Waals surface area contributed by atoms with E-state index in [4.69, 9.17) is 9.47 Å². The Morgan fingerprint density at radius 2 is 1.91 bits per heavy atom. The van der Waals surface area contributed by atoms with Crippen molar-refractivity contribution in [1.29, 1.82) is 0 Å². The Morgan fingerprint density at radius 3 is 2.51 bits per heavy atom. The van der Waals surface area contributed by atoms with E-state index in [2.05, 4.69) is 10.2 Å². The van der Waals surface area contributed by atoms with Gasteiger partial charge in [0.2, 0.25) is 0 Å². The third kappa shape index (κ3) is 5.01. The van der Waals surface area contributed by atoms with Gasteiger partial charge in [-0.3, -0.25) is 4.90 Å². The second-order valence-electron chi connectivity index (χ2n) is 10.1. The minimum Gasteiger partial charge on any atom is -0.496 e. The van der Waals surface area contributed by atoms with Gasteiger partial charge in [0.05, 0.1) is 24.9 Å². The fourth-order valence-corrected chi connectivity index (χ4v) is 4.97. The van der Waals surface area contributed by atoms with Crippen LogP contribution in [0, 0.1) is 0 Å². The maximum absolute atomic E-state index is 15.6. The fraction of sp³-hybridized carbons (Fsp3) is 0.560. The van der Waals surface area contributed by atoms with Gasteiger partial charge >= 0.3 is 6.09 Å². The van der Waals surface area contributed by atoms with Crippen LogP contribution in [0.5, 0.6) is 5.75 Å². The Balaban J connectivity index is 1.50. The predicted molar refractivity (Wildman–Crippen MR) is 126 cm³/mol. The van der Waals surface area contributed by atoms with Gasteiger partial charge < -0.3 is 14.4 Å². The smallest absolute Gasteiger partial charge is 0.410 e. The Hall–Kier alpha value is -3.04. The lowest BCUT2D eigenvalue weighted by Crippen LogP contribution is -2.59. The molecule has 1 aromatic carbocycles. The number of benzene rings is 1. The maximum atomic E-state index is 15.6. The zero-order chi connectivity index (χ0) is 25.5. The van der Waals surface area contributed by atoms with Gasteiger partial charge in [0.25, 0.3) is 6.43 Å². The molecule has 35 heavy (non-hydrogen) atoms. The highest BCUT2D eigenvalue weighted by molar-refractivity contribution is 5.70. The predicted octanol–water partition coefficient (Wildman–Crippen LogP) is 5.40. The second kappa shape index (κ2) is 9.54. The molecule has 0 N–H and O–H groups in total. The molecule has 2 aliphatic rings. The maximum Gasteiger partial charge on any atom is 0.410 e. The van der Waals surface area contributed by atoms with Gasteiger partial charge in [-0.15, -0.1) is 10.2 Å². The molecule has 1 aromatic heterocycles. The van der Waals surface area contributed by atoms with Crippen LogP contribution in [0.3, 0.4) is 0 Å². The summed E-state index contributed by atoms with van der Waals surface area (Å²) in [5.41, 5.74) is 0.203. The summed E-state index contributed by atoms with van der Waals surface area (Å²) in [4.78, 5) is 16.0. The summed E-state index contributed by atoms with van der Waals surface area (Å²) in [6, 6.07) is 6.45. The van der Waals surface area contributed by atoms with Crippen molar-refractivity contribution in [2.24, 2.45) is 0 Å². The van der Waals surface area contributed by atoms with Crippen molar-refractivity contribution in [3.63, 3.8) is 0 Å². The molecular weight excluding hydrogens is 461 g/mol.